The van der Waals surface area contributed by atoms with E-state index >= 15 is 0 Å². The van der Waals surface area contributed by atoms with E-state index in [1.165, 1.54) is 0 Å². The van der Waals surface area contributed by atoms with Gasteiger partial charge in [0.05, 0.1) is 0 Å². The average Bonchev–Trinajstić information content (AvgIpc) is 1.96. The van der Waals surface area contributed by atoms with Gasteiger partial charge in [-0.15, -0.1) is 0 Å². The summed E-state index contributed by atoms with van der Waals surface area (Å²) in [4.78, 5) is 41.4. The minimum atomic E-state index is -4.64. The van der Waals surface area contributed by atoms with Gasteiger partial charge in [0.2, 0.25) is 0 Å². The summed E-state index contributed by atoms with van der Waals surface area (Å²) < 4.78 is 8.88. The van der Waals surface area contributed by atoms with Crippen LogP contribution in [0.25, 0.3) is 0 Å². The van der Waals surface area contributed by atoms with Crippen LogP contribution in [0.15, 0.2) is 0 Å². The number of carboxylic acid groups (broad SMARTS) is 2. The van der Waals surface area contributed by atoms with E-state index in [0.29, 0.717) is 0 Å². The van der Waals surface area contributed by atoms with E-state index in [1.807, 2.05) is 0 Å². The molecular formula is C5H12NO8P. The van der Waals surface area contributed by atoms with Gasteiger partial charge < -0.3 is 30.6 Å². The lowest BCUT2D eigenvalue weighted by molar-refractivity contribution is -0.139. The second-order valence-electron chi connectivity index (χ2n) is 2.39. The highest BCUT2D eigenvalue weighted by Crippen LogP contribution is 2.25. The molecule has 9 nitrogen and oxygen atoms in total. The SMILES string of the molecule is N[C@@H](CCC(=O)O)C(=O)O.O=P(O)(O)O. The van der Waals surface area contributed by atoms with Crippen LogP contribution in [0.5, 0.6) is 0 Å². The predicted octanol–water partition coefficient (Wildman–Crippen LogP) is -1.67. The number of rotatable bonds is 4. The maximum atomic E-state index is 9.99. The van der Waals surface area contributed by atoms with Gasteiger partial charge in [-0.25, -0.2) is 4.57 Å². The molecule has 0 aromatic heterocycles. The highest BCUT2D eigenvalue weighted by Gasteiger charge is 2.12. The van der Waals surface area contributed by atoms with Crippen LogP contribution in [-0.2, 0) is 14.2 Å². The van der Waals surface area contributed by atoms with Crippen LogP contribution < -0.4 is 5.73 Å². The van der Waals surface area contributed by atoms with E-state index in [9.17, 15) is 9.59 Å². The molecule has 0 radical (unpaired) electrons. The van der Waals surface area contributed by atoms with Crippen LogP contribution >= 0.6 is 7.82 Å². The van der Waals surface area contributed by atoms with Crippen molar-refractivity contribution in [3.05, 3.63) is 0 Å². The van der Waals surface area contributed by atoms with Crippen molar-refractivity contribution in [2.75, 3.05) is 0 Å². The molecule has 0 fully saturated rings. The molecule has 0 amide bonds. The maximum Gasteiger partial charge on any atom is 0.466 e. The summed E-state index contributed by atoms with van der Waals surface area (Å²) in [6.07, 6.45) is -0.224. The number of hydrogen-bond donors (Lipinski definition) is 6. The number of carboxylic acids is 2. The van der Waals surface area contributed by atoms with E-state index < -0.39 is 25.8 Å². The Morgan fingerprint density at radius 2 is 1.53 bits per heavy atom. The molecule has 0 saturated heterocycles. The lowest BCUT2D eigenvalue weighted by Crippen LogP contribution is -2.30. The van der Waals surface area contributed by atoms with Gasteiger partial charge in [-0.05, 0) is 6.42 Å². The van der Waals surface area contributed by atoms with E-state index in [2.05, 4.69) is 0 Å². The highest BCUT2D eigenvalue weighted by atomic mass is 31.2. The molecule has 0 spiro atoms. The molecule has 0 unspecified atom stereocenters. The Morgan fingerprint density at radius 1 is 1.20 bits per heavy atom. The van der Waals surface area contributed by atoms with Gasteiger partial charge in [0.25, 0.3) is 0 Å². The zero-order valence-electron chi connectivity index (χ0n) is 7.48. The normalized spacial score (nSPS) is 12.3. The summed E-state index contributed by atoms with van der Waals surface area (Å²) >= 11 is 0. The van der Waals surface area contributed by atoms with Gasteiger partial charge in [0.15, 0.2) is 0 Å². The maximum absolute atomic E-state index is 9.99. The smallest absolute Gasteiger partial charge is 0.466 e. The summed E-state index contributed by atoms with van der Waals surface area (Å²) in [5.41, 5.74) is 5.00. The molecule has 15 heavy (non-hydrogen) atoms. The van der Waals surface area contributed by atoms with Gasteiger partial charge in [-0.1, -0.05) is 0 Å². The largest absolute Gasteiger partial charge is 0.481 e. The van der Waals surface area contributed by atoms with Gasteiger partial charge >= 0.3 is 19.8 Å². The molecular weight excluding hydrogens is 233 g/mol. The lowest BCUT2D eigenvalue weighted by atomic mass is 10.2. The summed E-state index contributed by atoms with van der Waals surface area (Å²) in [5.74, 6) is -2.20. The molecule has 0 bridgehead atoms. The van der Waals surface area contributed by atoms with Crippen molar-refractivity contribution < 1.29 is 39.0 Å². The molecule has 7 N–H and O–H groups in total. The van der Waals surface area contributed by atoms with E-state index in [-0.39, 0.29) is 12.8 Å². The molecule has 10 heteroatoms. The number of carbonyl (C=O) groups is 2. The summed E-state index contributed by atoms with van der Waals surface area (Å²) in [5, 5.41) is 16.3. The fourth-order valence-corrected chi connectivity index (χ4v) is 0.402. The Balaban J connectivity index is 0. The molecule has 0 aromatic rings. The van der Waals surface area contributed by atoms with Gasteiger partial charge in [-0.3, -0.25) is 9.59 Å². The third kappa shape index (κ3) is 24.6. The summed E-state index contributed by atoms with van der Waals surface area (Å²) in [7, 11) is -4.64. The summed E-state index contributed by atoms with van der Waals surface area (Å²) in [6.45, 7) is 0. The number of phosphoric acid groups is 1. The number of hydrogen-bond acceptors (Lipinski definition) is 4. The van der Waals surface area contributed by atoms with Crippen molar-refractivity contribution >= 4 is 19.8 Å². The third-order valence-corrected chi connectivity index (χ3v) is 0.986. The van der Waals surface area contributed by atoms with Crippen LogP contribution in [0.2, 0.25) is 0 Å². The molecule has 0 aliphatic heterocycles. The van der Waals surface area contributed by atoms with Crippen molar-refractivity contribution in [3.8, 4) is 0 Å². The summed E-state index contributed by atoms with van der Waals surface area (Å²) in [6, 6.07) is -1.06. The van der Waals surface area contributed by atoms with Crippen molar-refractivity contribution in [2.24, 2.45) is 5.73 Å². The second kappa shape index (κ2) is 7.32. The van der Waals surface area contributed by atoms with E-state index in [1.54, 1.807) is 0 Å². The molecule has 0 aliphatic carbocycles. The number of aliphatic carboxylic acids is 2. The van der Waals surface area contributed by atoms with Gasteiger partial charge in [0, 0.05) is 6.42 Å². The first-order chi connectivity index (χ1) is 6.54. The molecule has 0 saturated carbocycles. The first kappa shape index (κ1) is 16.4. The minimum absolute atomic E-state index is 0.0231. The Kier molecular flexibility index (Phi) is 8.02. The molecule has 1 atom stereocenters. The van der Waals surface area contributed by atoms with Crippen LogP contribution in [0.3, 0.4) is 0 Å². The molecule has 0 rings (SSSR count). The molecule has 90 valence electrons. The Labute approximate surface area is 84.4 Å². The van der Waals surface area contributed by atoms with Crippen molar-refractivity contribution in [1.29, 1.82) is 0 Å². The monoisotopic (exact) mass is 245 g/mol. The number of nitrogens with two attached hydrogens (primary N) is 1. The fourth-order valence-electron chi connectivity index (χ4n) is 0.402. The van der Waals surface area contributed by atoms with Crippen LogP contribution in [0.1, 0.15) is 12.8 Å². The van der Waals surface area contributed by atoms with Crippen LogP contribution in [-0.4, -0.2) is 42.9 Å². The topological polar surface area (TPSA) is 178 Å². The van der Waals surface area contributed by atoms with Gasteiger partial charge in [-0.2, -0.15) is 0 Å². The predicted molar refractivity (Wildman–Crippen MR) is 46.7 cm³/mol. The lowest BCUT2D eigenvalue weighted by Gasteiger charge is -2.01. The standard InChI is InChI=1S/C5H9NO4.H3O4P/c6-3(5(9)10)1-2-4(7)8;1-5(2,3)4/h3H,1-2,6H2,(H,7,8)(H,9,10);(H3,1,2,3,4)/t3-;/m0./s1. The zero-order valence-corrected chi connectivity index (χ0v) is 8.37. The third-order valence-electron chi connectivity index (χ3n) is 0.986. The fraction of sp³-hybridized carbons (Fsp3) is 0.600. The van der Waals surface area contributed by atoms with Crippen molar-refractivity contribution in [1.82, 2.24) is 0 Å². The minimum Gasteiger partial charge on any atom is -0.481 e. The molecule has 0 aliphatic rings. The van der Waals surface area contributed by atoms with Crippen LogP contribution in [0.4, 0.5) is 0 Å². The first-order valence-electron chi connectivity index (χ1n) is 3.52. The molecule has 0 aromatic carbocycles. The highest BCUT2D eigenvalue weighted by molar-refractivity contribution is 7.45. The zero-order chi connectivity index (χ0) is 12.6. The first-order valence-corrected chi connectivity index (χ1v) is 5.09. The van der Waals surface area contributed by atoms with Gasteiger partial charge in [0.1, 0.15) is 6.04 Å². The molecule has 0 heterocycles. The second-order valence-corrected chi connectivity index (χ2v) is 3.42. The van der Waals surface area contributed by atoms with Crippen molar-refractivity contribution in [3.63, 3.8) is 0 Å². The van der Waals surface area contributed by atoms with E-state index in [4.69, 9.17) is 35.2 Å². The van der Waals surface area contributed by atoms with E-state index in [0.717, 1.165) is 0 Å². The van der Waals surface area contributed by atoms with Crippen molar-refractivity contribution in [2.45, 2.75) is 18.9 Å². The van der Waals surface area contributed by atoms with Crippen LogP contribution in [0, 0.1) is 0 Å². The Morgan fingerprint density at radius 3 is 1.73 bits per heavy atom. The quantitative estimate of drug-likeness (QED) is 0.316. The average molecular weight is 245 g/mol. The Hall–Kier alpha value is -0.990. The Bertz CT molecular complexity index is 251.